The molecule has 1 aliphatic rings. The molecule has 1 heterocycles. The predicted molar refractivity (Wildman–Crippen MR) is 100 cm³/mol. The smallest absolute Gasteiger partial charge is 0.239 e. The molecule has 2 aromatic carbocycles. The first-order chi connectivity index (χ1) is 11.7. The van der Waals surface area contributed by atoms with Gasteiger partial charge in [-0.1, -0.05) is 47.6 Å². The molecule has 9 heteroatoms. The van der Waals surface area contributed by atoms with Crippen molar-refractivity contribution in [2.75, 3.05) is 12.8 Å². The molecule has 0 aliphatic carbocycles. The van der Waals surface area contributed by atoms with E-state index >= 15 is 0 Å². The first-order valence-corrected chi connectivity index (χ1v) is 10.2. The zero-order valence-electron chi connectivity index (χ0n) is 13.3. The van der Waals surface area contributed by atoms with Crippen molar-refractivity contribution in [3.63, 3.8) is 0 Å². The molecule has 0 amide bonds. The standard InChI is InChI=1S/C16H16ClN3O3S2/c1-20-15(19-12-5-3-2-4-6-12)24-10-16(20,21)11-7-8-13(17)14(9-11)25(18,22)23/h2-9,21H,10H2,1H3,(H2,18,22,23)/b19-15+. The van der Waals surface area contributed by atoms with Gasteiger partial charge in [-0.05, 0) is 24.3 Å². The average Bonchev–Trinajstić information content (AvgIpc) is 2.85. The fraction of sp³-hybridized carbons (Fsp3) is 0.188. The minimum Gasteiger partial charge on any atom is -0.366 e. The molecule has 1 unspecified atom stereocenters. The molecular formula is C16H16ClN3O3S2. The molecule has 1 saturated heterocycles. The van der Waals surface area contributed by atoms with Crippen molar-refractivity contribution in [2.24, 2.45) is 10.1 Å². The second-order valence-corrected chi connectivity index (χ2v) is 8.46. The Labute approximate surface area is 155 Å². The lowest BCUT2D eigenvalue weighted by Crippen LogP contribution is -2.42. The van der Waals surface area contributed by atoms with E-state index < -0.39 is 15.7 Å². The van der Waals surface area contributed by atoms with Crippen LogP contribution in [0.5, 0.6) is 0 Å². The highest BCUT2D eigenvalue weighted by atomic mass is 35.5. The normalized spacial score (nSPS) is 22.6. The van der Waals surface area contributed by atoms with Gasteiger partial charge in [-0.3, -0.25) is 0 Å². The van der Waals surface area contributed by atoms with Crippen molar-refractivity contribution in [2.45, 2.75) is 10.6 Å². The quantitative estimate of drug-likeness (QED) is 0.829. The zero-order valence-corrected chi connectivity index (χ0v) is 15.6. The van der Waals surface area contributed by atoms with Gasteiger partial charge in [0.2, 0.25) is 10.0 Å². The van der Waals surface area contributed by atoms with Crippen LogP contribution in [0.3, 0.4) is 0 Å². The highest BCUT2D eigenvalue weighted by molar-refractivity contribution is 8.14. The number of thioether (sulfide) groups is 1. The molecule has 2 aromatic rings. The maximum Gasteiger partial charge on any atom is 0.239 e. The van der Waals surface area contributed by atoms with Crippen LogP contribution in [0.15, 0.2) is 58.4 Å². The van der Waals surface area contributed by atoms with Gasteiger partial charge in [0.1, 0.15) is 4.90 Å². The zero-order chi connectivity index (χ0) is 18.2. The summed E-state index contributed by atoms with van der Waals surface area (Å²) in [7, 11) is -2.29. The van der Waals surface area contributed by atoms with Crippen molar-refractivity contribution >= 4 is 44.2 Å². The van der Waals surface area contributed by atoms with Crippen LogP contribution >= 0.6 is 23.4 Å². The third-order valence-electron chi connectivity index (χ3n) is 3.93. The van der Waals surface area contributed by atoms with Crippen molar-refractivity contribution < 1.29 is 13.5 Å². The minimum absolute atomic E-state index is 0.0151. The molecule has 25 heavy (non-hydrogen) atoms. The second-order valence-electron chi connectivity index (χ2n) is 5.58. The Morgan fingerprint density at radius 1 is 1.28 bits per heavy atom. The lowest BCUT2D eigenvalue weighted by molar-refractivity contribution is -0.0349. The molecule has 3 N–H and O–H groups in total. The Morgan fingerprint density at radius 2 is 1.96 bits per heavy atom. The largest absolute Gasteiger partial charge is 0.366 e. The van der Waals surface area contributed by atoms with E-state index in [1.807, 2.05) is 30.3 Å². The molecule has 0 radical (unpaired) electrons. The van der Waals surface area contributed by atoms with Crippen LogP contribution in [0.4, 0.5) is 5.69 Å². The van der Waals surface area contributed by atoms with Gasteiger partial charge in [0, 0.05) is 12.6 Å². The predicted octanol–water partition coefficient (Wildman–Crippen LogP) is 2.50. The van der Waals surface area contributed by atoms with E-state index in [0.717, 1.165) is 5.69 Å². The Kier molecular flexibility index (Phi) is 4.82. The van der Waals surface area contributed by atoms with Crippen LogP contribution in [0.1, 0.15) is 5.56 Å². The first-order valence-electron chi connectivity index (χ1n) is 7.27. The molecule has 1 atom stereocenters. The summed E-state index contributed by atoms with van der Waals surface area (Å²) in [4.78, 5) is 5.92. The molecule has 0 saturated carbocycles. The lowest BCUT2D eigenvalue weighted by Gasteiger charge is -2.31. The summed E-state index contributed by atoms with van der Waals surface area (Å²) in [6.07, 6.45) is 0. The molecule has 0 spiro atoms. The fourth-order valence-corrected chi connectivity index (χ4v) is 4.76. The Balaban J connectivity index is 2.00. The van der Waals surface area contributed by atoms with Gasteiger partial charge < -0.3 is 10.0 Å². The van der Waals surface area contributed by atoms with Crippen molar-refractivity contribution in [1.82, 2.24) is 4.90 Å². The van der Waals surface area contributed by atoms with Gasteiger partial charge in [-0.25, -0.2) is 18.5 Å². The van der Waals surface area contributed by atoms with Crippen molar-refractivity contribution in [1.29, 1.82) is 0 Å². The number of sulfonamides is 1. The van der Waals surface area contributed by atoms with Crippen LogP contribution in [-0.2, 0) is 15.7 Å². The number of amidine groups is 1. The number of para-hydroxylation sites is 1. The van der Waals surface area contributed by atoms with Gasteiger partial charge in [0.05, 0.1) is 16.5 Å². The van der Waals surface area contributed by atoms with E-state index in [9.17, 15) is 13.5 Å². The number of rotatable bonds is 3. The van der Waals surface area contributed by atoms with Crippen LogP contribution in [-0.4, -0.2) is 36.4 Å². The number of primary sulfonamides is 1. The van der Waals surface area contributed by atoms with E-state index in [-0.39, 0.29) is 9.92 Å². The van der Waals surface area contributed by atoms with Gasteiger partial charge in [0.15, 0.2) is 10.9 Å². The Hall–Kier alpha value is -1.58. The van der Waals surface area contributed by atoms with Gasteiger partial charge in [-0.15, -0.1) is 0 Å². The summed E-state index contributed by atoms with van der Waals surface area (Å²) in [5, 5.41) is 16.9. The van der Waals surface area contributed by atoms with Crippen LogP contribution in [0.25, 0.3) is 0 Å². The Bertz CT molecular complexity index is 935. The number of nitrogens with zero attached hydrogens (tertiary/aromatic N) is 2. The highest BCUT2D eigenvalue weighted by Gasteiger charge is 2.43. The number of aliphatic imine (C=N–C) groups is 1. The first kappa shape index (κ1) is 18.2. The molecule has 1 aliphatic heterocycles. The maximum absolute atomic E-state index is 11.7. The second kappa shape index (κ2) is 6.62. The summed E-state index contributed by atoms with van der Waals surface area (Å²) in [6, 6.07) is 13.7. The lowest BCUT2D eigenvalue weighted by atomic mass is 10.0. The molecular weight excluding hydrogens is 382 g/mol. The number of halogens is 1. The molecule has 6 nitrogen and oxygen atoms in total. The number of benzene rings is 2. The molecule has 0 aromatic heterocycles. The number of nitrogens with two attached hydrogens (primary N) is 1. The summed E-state index contributed by atoms with van der Waals surface area (Å²) >= 11 is 7.30. The molecule has 132 valence electrons. The van der Waals surface area contributed by atoms with Crippen LogP contribution in [0.2, 0.25) is 5.02 Å². The average molecular weight is 398 g/mol. The van der Waals surface area contributed by atoms with E-state index in [2.05, 4.69) is 4.99 Å². The Morgan fingerprint density at radius 3 is 2.60 bits per heavy atom. The van der Waals surface area contributed by atoms with Crippen LogP contribution in [0, 0.1) is 0 Å². The third-order valence-corrected chi connectivity index (χ3v) is 6.49. The molecule has 0 bridgehead atoms. The third kappa shape index (κ3) is 3.54. The number of aliphatic hydroxyl groups is 1. The minimum atomic E-state index is -3.99. The monoisotopic (exact) mass is 397 g/mol. The number of hydrogen-bond acceptors (Lipinski definition) is 5. The van der Waals surface area contributed by atoms with Gasteiger partial charge in [0.25, 0.3) is 0 Å². The van der Waals surface area contributed by atoms with Crippen LogP contribution < -0.4 is 5.14 Å². The molecule has 3 rings (SSSR count). The van der Waals surface area contributed by atoms with Crippen molar-refractivity contribution in [3.8, 4) is 0 Å². The topological polar surface area (TPSA) is 96.0 Å². The van der Waals surface area contributed by atoms with Gasteiger partial charge in [-0.2, -0.15) is 0 Å². The number of hydrogen-bond donors (Lipinski definition) is 2. The maximum atomic E-state index is 11.7. The summed E-state index contributed by atoms with van der Waals surface area (Å²) < 4.78 is 23.4. The highest BCUT2D eigenvalue weighted by Crippen LogP contribution is 2.40. The fourth-order valence-electron chi connectivity index (χ4n) is 2.48. The van der Waals surface area contributed by atoms with E-state index in [4.69, 9.17) is 16.7 Å². The summed E-state index contributed by atoms with van der Waals surface area (Å²) in [6.45, 7) is 0. The van der Waals surface area contributed by atoms with Gasteiger partial charge >= 0.3 is 0 Å². The molecule has 1 fully saturated rings. The summed E-state index contributed by atoms with van der Waals surface area (Å²) in [5.74, 6) is 0.293. The SMILES string of the molecule is CN1/C(=N\c2ccccc2)SCC1(O)c1ccc(Cl)c(S(N)(=O)=O)c1. The summed E-state index contributed by atoms with van der Waals surface area (Å²) in [5.41, 5.74) is -0.265. The van der Waals surface area contributed by atoms with E-state index in [1.165, 1.54) is 23.9 Å². The van der Waals surface area contributed by atoms with E-state index in [0.29, 0.717) is 16.5 Å². The van der Waals surface area contributed by atoms with E-state index in [1.54, 1.807) is 18.0 Å². The van der Waals surface area contributed by atoms with Crippen molar-refractivity contribution in [3.05, 3.63) is 59.1 Å².